The number of aromatic nitrogens is 6. The molecule has 3 aromatic carbocycles. The minimum atomic E-state index is -0.897. The Balaban J connectivity index is 1.37. The van der Waals surface area contributed by atoms with Gasteiger partial charge in [-0.15, -0.1) is 5.10 Å². The zero-order valence-corrected chi connectivity index (χ0v) is 23.0. The first kappa shape index (κ1) is 26.4. The Morgan fingerprint density at radius 2 is 1.88 bits per heavy atom. The molecule has 1 unspecified atom stereocenters. The van der Waals surface area contributed by atoms with Crippen LogP contribution in [0, 0.1) is 6.92 Å². The molecule has 1 amide bonds. The monoisotopic (exact) mass is 585 g/mol. The van der Waals surface area contributed by atoms with Crippen molar-refractivity contribution in [1.29, 1.82) is 0 Å². The third-order valence-electron chi connectivity index (χ3n) is 6.46. The summed E-state index contributed by atoms with van der Waals surface area (Å²) >= 11 is 12.3. The average molecular weight is 586 g/mol. The predicted molar refractivity (Wildman–Crippen MR) is 155 cm³/mol. The lowest BCUT2D eigenvalue weighted by Gasteiger charge is -2.20. The number of halogens is 2. The normalized spacial score (nSPS) is 12.0. The van der Waals surface area contributed by atoms with Gasteiger partial charge in [0.2, 0.25) is 5.91 Å². The predicted octanol–water partition coefficient (Wildman–Crippen LogP) is 5.67. The number of hydrogen-bond acceptors (Lipinski definition) is 7. The van der Waals surface area contributed by atoms with Crippen molar-refractivity contribution in [2.45, 2.75) is 19.4 Å². The van der Waals surface area contributed by atoms with E-state index in [2.05, 4.69) is 25.6 Å². The summed E-state index contributed by atoms with van der Waals surface area (Å²) in [5.74, 6) is 0.139. The maximum absolute atomic E-state index is 13.7. The van der Waals surface area contributed by atoms with E-state index >= 15 is 0 Å². The van der Waals surface area contributed by atoms with Gasteiger partial charge in [-0.3, -0.25) is 14.2 Å². The minimum Gasteiger partial charge on any atom is -0.441 e. The number of rotatable bonds is 7. The van der Waals surface area contributed by atoms with Crippen LogP contribution in [0.4, 0.5) is 5.69 Å². The van der Waals surface area contributed by atoms with E-state index in [4.69, 9.17) is 27.6 Å². The highest BCUT2D eigenvalue weighted by molar-refractivity contribution is 6.31. The highest BCUT2D eigenvalue weighted by Gasteiger charge is 2.24. The molecule has 204 valence electrons. The van der Waals surface area contributed by atoms with Gasteiger partial charge in [0.25, 0.3) is 5.56 Å². The Morgan fingerprint density at radius 1 is 1.05 bits per heavy atom. The van der Waals surface area contributed by atoms with E-state index in [-0.39, 0.29) is 17.5 Å². The van der Waals surface area contributed by atoms with Crippen LogP contribution < -0.4 is 10.9 Å². The molecular weight excluding hydrogens is 565 g/mol. The highest BCUT2D eigenvalue weighted by atomic mass is 35.5. The molecule has 1 N–H and O–H groups in total. The van der Waals surface area contributed by atoms with Crippen LogP contribution in [0.2, 0.25) is 10.2 Å². The molecule has 10 nitrogen and oxygen atoms in total. The molecule has 0 spiro atoms. The summed E-state index contributed by atoms with van der Waals surface area (Å²) in [7, 11) is 0. The summed E-state index contributed by atoms with van der Waals surface area (Å²) in [5.41, 5.74) is 3.68. The third kappa shape index (κ3) is 5.60. The quantitative estimate of drug-likeness (QED) is 0.256. The molecule has 3 aromatic heterocycles. The lowest BCUT2D eigenvalue weighted by atomic mass is 10.0. The van der Waals surface area contributed by atoms with E-state index in [9.17, 15) is 9.59 Å². The number of nitrogens with zero attached hydrogens (tertiary/aromatic N) is 6. The fourth-order valence-electron chi connectivity index (χ4n) is 4.56. The second-order valence-electron chi connectivity index (χ2n) is 9.28. The fraction of sp³-hybridized carbons (Fsp3) is 0.103. The molecule has 6 rings (SSSR count). The minimum absolute atomic E-state index is 0.210. The molecule has 0 radical (unpaired) electrons. The van der Waals surface area contributed by atoms with Crippen molar-refractivity contribution in [3.63, 3.8) is 0 Å². The average Bonchev–Trinajstić information content (AvgIpc) is 3.56. The van der Waals surface area contributed by atoms with Gasteiger partial charge in [-0.2, -0.15) is 0 Å². The number of carbonyl (C=O) groups excluding carboxylic acids is 1. The van der Waals surface area contributed by atoms with E-state index < -0.39 is 11.6 Å². The lowest BCUT2D eigenvalue weighted by Crippen LogP contribution is -2.34. The molecule has 0 saturated heterocycles. The van der Waals surface area contributed by atoms with Crippen LogP contribution in [-0.4, -0.2) is 35.4 Å². The van der Waals surface area contributed by atoms with Crippen LogP contribution in [0.25, 0.3) is 28.0 Å². The first-order chi connectivity index (χ1) is 19.8. The van der Waals surface area contributed by atoms with Gasteiger partial charge in [-0.1, -0.05) is 58.7 Å². The lowest BCUT2D eigenvalue weighted by molar-refractivity contribution is -0.119. The van der Waals surface area contributed by atoms with Gasteiger partial charge in [-0.25, -0.2) is 14.6 Å². The van der Waals surface area contributed by atoms with Gasteiger partial charge in [0, 0.05) is 41.8 Å². The van der Waals surface area contributed by atoms with Crippen LogP contribution in [0.15, 0.2) is 94.5 Å². The molecule has 0 fully saturated rings. The maximum Gasteiger partial charge on any atom is 0.254 e. The van der Waals surface area contributed by atoms with Crippen LogP contribution in [-0.2, 0) is 11.2 Å². The Morgan fingerprint density at radius 3 is 2.63 bits per heavy atom. The standard InChI is InChI=1S/C29H21Cl2N7O3/c1-17-33-22-9-8-20(13-26(22)41-17)34-29(40)25(11-18-5-3-2-4-6-18)37-16-32-23(14-28(37)39)21-12-19(30)7-10-24(21)38-15-27(31)35-36-38/h2-10,12-16,25H,11H2,1H3,(H,34,40). The summed E-state index contributed by atoms with van der Waals surface area (Å²) in [5, 5.41) is 11.4. The number of amides is 1. The van der Waals surface area contributed by atoms with E-state index in [1.165, 1.54) is 27.8 Å². The van der Waals surface area contributed by atoms with Gasteiger partial charge in [0.1, 0.15) is 11.6 Å². The summed E-state index contributed by atoms with van der Waals surface area (Å²) in [4.78, 5) is 36.0. The van der Waals surface area contributed by atoms with Crippen molar-refractivity contribution in [2.75, 3.05) is 5.32 Å². The Labute approximate surface area is 243 Å². The molecule has 41 heavy (non-hydrogen) atoms. The van der Waals surface area contributed by atoms with Crippen LogP contribution >= 0.6 is 23.2 Å². The summed E-state index contributed by atoms with van der Waals surface area (Å²) in [6.07, 6.45) is 3.16. The number of nitrogens with one attached hydrogen (secondary N) is 1. The van der Waals surface area contributed by atoms with Crippen LogP contribution in [0.3, 0.4) is 0 Å². The molecule has 12 heteroatoms. The van der Waals surface area contributed by atoms with E-state index in [1.807, 2.05) is 30.3 Å². The Hall–Kier alpha value is -4.80. The molecular formula is C29H21Cl2N7O3. The number of fused-ring (bicyclic) bond motifs is 1. The highest BCUT2D eigenvalue weighted by Crippen LogP contribution is 2.28. The van der Waals surface area contributed by atoms with Crippen molar-refractivity contribution >= 4 is 45.9 Å². The van der Waals surface area contributed by atoms with Crippen molar-refractivity contribution in [1.82, 2.24) is 29.5 Å². The molecule has 0 aliphatic heterocycles. The fourth-order valence-corrected chi connectivity index (χ4v) is 4.86. The van der Waals surface area contributed by atoms with Crippen molar-refractivity contribution in [3.05, 3.63) is 117 Å². The molecule has 6 aromatic rings. The number of carbonyl (C=O) groups is 1. The van der Waals surface area contributed by atoms with Crippen LogP contribution in [0.1, 0.15) is 17.5 Å². The number of oxazole rings is 1. The van der Waals surface area contributed by atoms with Gasteiger partial charge < -0.3 is 9.73 Å². The van der Waals surface area contributed by atoms with Gasteiger partial charge in [-0.05, 0) is 35.9 Å². The molecule has 3 heterocycles. The smallest absolute Gasteiger partial charge is 0.254 e. The Bertz CT molecular complexity index is 1950. The number of aryl methyl sites for hydroxylation is 1. The zero-order valence-electron chi connectivity index (χ0n) is 21.5. The van der Waals surface area contributed by atoms with Crippen molar-refractivity contribution in [3.8, 4) is 16.9 Å². The molecule has 0 saturated carbocycles. The Kier molecular flexibility index (Phi) is 7.08. The second-order valence-corrected chi connectivity index (χ2v) is 10.1. The summed E-state index contributed by atoms with van der Waals surface area (Å²) in [6.45, 7) is 1.75. The first-order valence-electron chi connectivity index (χ1n) is 12.5. The zero-order chi connectivity index (χ0) is 28.5. The van der Waals surface area contributed by atoms with Gasteiger partial charge in [0.15, 0.2) is 16.6 Å². The molecule has 1 atom stereocenters. The van der Waals surface area contributed by atoms with Gasteiger partial charge >= 0.3 is 0 Å². The summed E-state index contributed by atoms with van der Waals surface area (Å²) < 4.78 is 8.39. The SMILES string of the molecule is Cc1nc2ccc(NC(=O)C(Cc3ccccc3)n3cnc(-c4cc(Cl)ccc4-n4cc(Cl)nn4)cc3=O)cc2o1. The van der Waals surface area contributed by atoms with Crippen molar-refractivity contribution in [2.24, 2.45) is 0 Å². The van der Waals surface area contributed by atoms with Gasteiger partial charge in [0.05, 0.1) is 23.9 Å². The topological polar surface area (TPSA) is 121 Å². The maximum atomic E-state index is 13.7. The molecule has 0 bridgehead atoms. The second kappa shape index (κ2) is 11.0. The third-order valence-corrected chi connectivity index (χ3v) is 6.86. The number of benzene rings is 3. The van der Waals surface area contributed by atoms with E-state index in [0.717, 1.165) is 5.56 Å². The van der Waals surface area contributed by atoms with Crippen molar-refractivity contribution < 1.29 is 9.21 Å². The summed E-state index contributed by atoms with van der Waals surface area (Å²) in [6, 6.07) is 20.2. The number of anilines is 1. The first-order valence-corrected chi connectivity index (χ1v) is 13.3. The van der Waals surface area contributed by atoms with Crippen LogP contribution in [0.5, 0.6) is 0 Å². The number of hydrogen-bond donors (Lipinski definition) is 1. The van der Waals surface area contributed by atoms with E-state index in [1.54, 1.807) is 43.3 Å². The molecule has 0 aliphatic carbocycles. The van der Waals surface area contributed by atoms with E-state index in [0.29, 0.717) is 44.6 Å². The molecule has 0 aliphatic rings. The largest absolute Gasteiger partial charge is 0.441 e.